The fourth-order valence-electron chi connectivity index (χ4n) is 2.86. The van der Waals surface area contributed by atoms with E-state index in [1.54, 1.807) is 6.92 Å². The van der Waals surface area contributed by atoms with E-state index in [2.05, 4.69) is 0 Å². The van der Waals surface area contributed by atoms with Crippen molar-refractivity contribution in [1.29, 1.82) is 0 Å². The zero-order valence-electron chi connectivity index (χ0n) is 13.7. The summed E-state index contributed by atoms with van der Waals surface area (Å²) in [4.78, 5) is 0. The molecule has 25 heavy (non-hydrogen) atoms. The van der Waals surface area contributed by atoms with Crippen LogP contribution < -0.4 is 0 Å². The predicted octanol–water partition coefficient (Wildman–Crippen LogP) is -4.35. The van der Waals surface area contributed by atoms with Crippen LogP contribution in [-0.2, 0) is 18.9 Å². The van der Waals surface area contributed by atoms with Crippen LogP contribution in [0.1, 0.15) is 6.92 Å². The summed E-state index contributed by atoms with van der Waals surface area (Å²) in [7, 11) is 0. The zero-order valence-corrected chi connectivity index (χ0v) is 13.7. The summed E-state index contributed by atoms with van der Waals surface area (Å²) in [5.41, 5.74) is 0. The van der Waals surface area contributed by atoms with Gasteiger partial charge in [-0.05, 0) is 6.92 Å². The van der Waals surface area contributed by atoms with E-state index < -0.39 is 74.6 Å². The van der Waals surface area contributed by atoms with Gasteiger partial charge >= 0.3 is 0 Å². The van der Waals surface area contributed by atoms with E-state index in [9.17, 15) is 35.7 Å². The molecule has 0 aliphatic carbocycles. The fraction of sp³-hybridized carbons (Fsp3) is 1.00. The Bertz CT molecular complexity index is 406. The van der Waals surface area contributed by atoms with Crippen molar-refractivity contribution in [2.75, 3.05) is 19.8 Å². The third kappa shape index (κ3) is 4.28. The van der Waals surface area contributed by atoms with Crippen molar-refractivity contribution in [2.45, 2.75) is 68.3 Å². The Morgan fingerprint density at radius 3 is 1.84 bits per heavy atom. The van der Waals surface area contributed by atoms with E-state index in [1.807, 2.05) is 0 Å². The van der Waals surface area contributed by atoms with Crippen LogP contribution in [0, 0.1) is 0 Å². The van der Waals surface area contributed by atoms with Crippen molar-refractivity contribution in [3.63, 3.8) is 0 Å². The maximum atomic E-state index is 10.2. The number of aliphatic hydroxyl groups excluding tert-OH is 7. The molecule has 148 valence electrons. The monoisotopic (exact) mass is 370 g/mol. The van der Waals surface area contributed by atoms with Gasteiger partial charge in [0.25, 0.3) is 0 Å². The first-order valence-electron chi connectivity index (χ1n) is 8.05. The second kappa shape index (κ2) is 8.97. The summed E-state index contributed by atoms with van der Waals surface area (Å²) >= 11 is 0. The van der Waals surface area contributed by atoms with Crippen LogP contribution in [0.3, 0.4) is 0 Å². The summed E-state index contributed by atoms with van der Waals surface area (Å²) in [6.07, 6.45) is -14.3. The molecule has 2 fully saturated rings. The molecule has 2 heterocycles. The van der Waals surface area contributed by atoms with E-state index >= 15 is 0 Å². The molecule has 0 aromatic carbocycles. The lowest BCUT2D eigenvalue weighted by Gasteiger charge is -2.45. The van der Waals surface area contributed by atoms with Crippen LogP contribution in [-0.4, -0.2) is 117 Å². The SMILES string of the molecule is CCO[C@@H]1O[C@H](CO)C(OC2O[C@H](CO)C(O)[C@H](O)C2O)C(O)C1O. The molecule has 0 spiro atoms. The lowest BCUT2D eigenvalue weighted by Crippen LogP contribution is -2.64. The van der Waals surface area contributed by atoms with Crippen LogP contribution in [0.25, 0.3) is 0 Å². The van der Waals surface area contributed by atoms with Gasteiger partial charge in [0.2, 0.25) is 0 Å². The molecular formula is C14H26O11. The smallest absolute Gasteiger partial charge is 0.187 e. The van der Waals surface area contributed by atoms with Crippen molar-refractivity contribution in [3.05, 3.63) is 0 Å². The Kier molecular flexibility index (Phi) is 7.49. The van der Waals surface area contributed by atoms with Gasteiger partial charge in [0.1, 0.15) is 48.8 Å². The second-order valence-corrected chi connectivity index (χ2v) is 5.96. The molecule has 0 aromatic heterocycles. The molecule has 7 N–H and O–H groups in total. The van der Waals surface area contributed by atoms with E-state index in [0.717, 1.165) is 0 Å². The molecule has 0 bridgehead atoms. The molecule has 2 saturated heterocycles. The Hall–Kier alpha value is -0.440. The maximum absolute atomic E-state index is 10.2. The molecule has 0 amide bonds. The second-order valence-electron chi connectivity index (χ2n) is 5.96. The summed E-state index contributed by atoms with van der Waals surface area (Å²) in [5, 5.41) is 68.4. The van der Waals surface area contributed by atoms with Gasteiger partial charge in [0.15, 0.2) is 12.6 Å². The maximum Gasteiger partial charge on any atom is 0.187 e. The fourth-order valence-corrected chi connectivity index (χ4v) is 2.86. The third-order valence-electron chi connectivity index (χ3n) is 4.29. The van der Waals surface area contributed by atoms with Gasteiger partial charge in [0, 0.05) is 6.61 Å². The summed E-state index contributed by atoms with van der Waals surface area (Å²) in [6, 6.07) is 0. The van der Waals surface area contributed by atoms with Crippen LogP contribution in [0.5, 0.6) is 0 Å². The number of hydrogen-bond donors (Lipinski definition) is 7. The highest BCUT2D eigenvalue weighted by molar-refractivity contribution is 4.93. The molecule has 2 aliphatic heterocycles. The van der Waals surface area contributed by atoms with Crippen LogP contribution in [0.4, 0.5) is 0 Å². The highest BCUT2D eigenvalue weighted by Gasteiger charge is 2.50. The Morgan fingerprint density at radius 2 is 1.28 bits per heavy atom. The lowest BCUT2D eigenvalue weighted by molar-refractivity contribution is -0.359. The normalized spacial score (nSPS) is 48.5. The summed E-state index contributed by atoms with van der Waals surface area (Å²) < 4.78 is 21.1. The standard InChI is InChI=1S/C14H26O11/c1-2-22-13-11(21)9(19)12(6(4-16)24-13)25-14-10(20)8(18)7(17)5(3-15)23-14/h5-21H,2-4H2,1H3/t5-,6-,7?,8+,9?,10?,11?,12?,13-,14?/m1/s1. The topological polar surface area (TPSA) is 179 Å². The van der Waals surface area contributed by atoms with E-state index in [0.29, 0.717) is 0 Å². The first-order chi connectivity index (χ1) is 11.8. The van der Waals surface area contributed by atoms with Gasteiger partial charge in [-0.2, -0.15) is 0 Å². The highest BCUT2D eigenvalue weighted by atomic mass is 16.7. The highest BCUT2D eigenvalue weighted by Crippen LogP contribution is 2.29. The minimum absolute atomic E-state index is 0.199. The summed E-state index contributed by atoms with van der Waals surface area (Å²) in [5.74, 6) is 0. The average Bonchev–Trinajstić information content (AvgIpc) is 2.61. The molecule has 0 radical (unpaired) electrons. The largest absolute Gasteiger partial charge is 0.394 e. The molecule has 2 rings (SSSR count). The van der Waals surface area contributed by atoms with Gasteiger partial charge < -0.3 is 54.7 Å². The molecule has 6 unspecified atom stereocenters. The zero-order chi connectivity index (χ0) is 18.7. The average molecular weight is 370 g/mol. The molecular weight excluding hydrogens is 344 g/mol. The van der Waals surface area contributed by atoms with Crippen LogP contribution in [0.15, 0.2) is 0 Å². The molecule has 0 aromatic rings. The molecule has 0 saturated carbocycles. The number of aliphatic hydroxyl groups is 7. The lowest BCUT2D eigenvalue weighted by atomic mass is 9.97. The number of hydrogen-bond acceptors (Lipinski definition) is 11. The van der Waals surface area contributed by atoms with Gasteiger partial charge in [-0.25, -0.2) is 0 Å². The first-order valence-corrected chi connectivity index (χ1v) is 8.05. The minimum atomic E-state index is -1.69. The molecule has 11 heteroatoms. The minimum Gasteiger partial charge on any atom is -0.394 e. The molecule has 2 aliphatic rings. The van der Waals surface area contributed by atoms with Gasteiger partial charge in [-0.1, -0.05) is 0 Å². The Morgan fingerprint density at radius 1 is 0.720 bits per heavy atom. The van der Waals surface area contributed by atoms with E-state index in [-0.39, 0.29) is 6.61 Å². The van der Waals surface area contributed by atoms with Crippen molar-refractivity contribution in [3.8, 4) is 0 Å². The van der Waals surface area contributed by atoms with Crippen molar-refractivity contribution < 1.29 is 54.7 Å². The number of rotatable bonds is 6. The first kappa shape index (κ1) is 20.9. The Labute approximate surface area is 143 Å². The van der Waals surface area contributed by atoms with E-state index in [1.165, 1.54) is 0 Å². The predicted molar refractivity (Wildman–Crippen MR) is 78.0 cm³/mol. The van der Waals surface area contributed by atoms with Gasteiger partial charge in [-0.15, -0.1) is 0 Å². The quantitative estimate of drug-likeness (QED) is 0.240. The number of ether oxygens (including phenoxy) is 4. The summed E-state index contributed by atoms with van der Waals surface area (Å²) in [6.45, 7) is 0.625. The van der Waals surface area contributed by atoms with E-state index in [4.69, 9.17) is 18.9 Å². The molecule has 11 nitrogen and oxygen atoms in total. The van der Waals surface area contributed by atoms with Crippen molar-refractivity contribution >= 4 is 0 Å². The van der Waals surface area contributed by atoms with Gasteiger partial charge in [0.05, 0.1) is 13.2 Å². The van der Waals surface area contributed by atoms with Crippen LogP contribution in [0.2, 0.25) is 0 Å². The van der Waals surface area contributed by atoms with Crippen molar-refractivity contribution in [2.24, 2.45) is 0 Å². The Balaban J connectivity index is 2.11. The van der Waals surface area contributed by atoms with Gasteiger partial charge in [-0.3, -0.25) is 0 Å². The molecule has 10 atom stereocenters. The van der Waals surface area contributed by atoms with Crippen LogP contribution >= 0.6 is 0 Å². The third-order valence-corrected chi connectivity index (χ3v) is 4.29. The van der Waals surface area contributed by atoms with Crippen molar-refractivity contribution in [1.82, 2.24) is 0 Å².